The second-order valence-electron chi connectivity index (χ2n) is 6.52. The molecule has 2 saturated heterocycles. The number of carbonyl (C=O) groups excluding carboxylic acids is 1. The second kappa shape index (κ2) is 6.70. The van der Waals surface area contributed by atoms with Gasteiger partial charge in [0.15, 0.2) is 5.82 Å². The Bertz CT molecular complexity index is 590. The molecular weight excluding hydrogens is 325 g/mol. The van der Waals surface area contributed by atoms with E-state index in [1.165, 1.54) is 4.90 Å². The number of piperidine rings is 1. The van der Waals surface area contributed by atoms with Crippen LogP contribution in [0.15, 0.2) is 4.52 Å². The molecule has 3 rings (SSSR count). The van der Waals surface area contributed by atoms with Crippen molar-refractivity contribution in [1.82, 2.24) is 19.9 Å². The Kier molecular flexibility index (Phi) is 4.80. The fraction of sp³-hybridized carbons (Fsp3) is 0.800. The second-order valence-corrected chi connectivity index (χ2v) is 6.52. The predicted molar refractivity (Wildman–Crippen MR) is 77.9 cm³/mol. The molecule has 0 bridgehead atoms. The van der Waals surface area contributed by atoms with E-state index < -0.39 is 12.1 Å². The molecule has 2 fully saturated rings. The van der Waals surface area contributed by atoms with E-state index in [0.29, 0.717) is 31.2 Å². The minimum Gasteiger partial charge on any atom is -0.341 e. The summed E-state index contributed by atoms with van der Waals surface area (Å²) in [4.78, 5) is 20.0. The van der Waals surface area contributed by atoms with Crippen molar-refractivity contribution in [1.29, 1.82) is 0 Å². The lowest BCUT2D eigenvalue weighted by Crippen LogP contribution is -2.48. The molecule has 1 aromatic heterocycles. The number of aromatic nitrogens is 2. The predicted octanol–water partition coefficient (Wildman–Crippen LogP) is 2.32. The van der Waals surface area contributed by atoms with E-state index in [4.69, 9.17) is 4.52 Å². The Hall–Kier alpha value is -1.64. The highest BCUT2D eigenvalue weighted by molar-refractivity contribution is 5.78. The van der Waals surface area contributed by atoms with Crippen molar-refractivity contribution in [3.8, 4) is 0 Å². The quantitative estimate of drug-likeness (QED) is 0.840. The van der Waals surface area contributed by atoms with Crippen LogP contribution in [-0.2, 0) is 4.79 Å². The number of aryl methyl sites for hydroxylation is 1. The maximum atomic E-state index is 12.9. The summed E-state index contributed by atoms with van der Waals surface area (Å²) in [5.74, 6) is -0.655. The lowest BCUT2D eigenvalue weighted by molar-refractivity contribution is -0.188. The van der Waals surface area contributed by atoms with E-state index in [2.05, 4.69) is 10.1 Å². The molecule has 2 atom stereocenters. The fourth-order valence-corrected chi connectivity index (χ4v) is 3.50. The average Bonchev–Trinajstić information content (AvgIpc) is 3.15. The number of alkyl halides is 3. The first-order chi connectivity index (χ1) is 11.3. The zero-order valence-corrected chi connectivity index (χ0v) is 13.6. The van der Waals surface area contributed by atoms with Crippen LogP contribution in [0.5, 0.6) is 0 Å². The van der Waals surface area contributed by atoms with Gasteiger partial charge in [0.1, 0.15) is 0 Å². The van der Waals surface area contributed by atoms with E-state index >= 15 is 0 Å². The van der Waals surface area contributed by atoms with Crippen LogP contribution in [0.1, 0.15) is 43.4 Å². The third-order valence-corrected chi connectivity index (χ3v) is 4.78. The van der Waals surface area contributed by atoms with Gasteiger partial charge in [-0.1, -0.05) is 5.16 Å². The van der Waals surface area contributed by atoms with E-state index in [1.54, 1.807) is 6.92 Å². The summed E-state index contributed by atoms with van der Waals surface area (Å²) in [6, 6.07) is -0.102. The first-order valence-corrected chi connectivity index (χ1v) is 8.23. The lowest BCUT2D eigenvalue weighted by Gasteiger charge is -2.35. The zero-order chi connectivity index (χ0) is 17.3. The Balaban J connectivity index is 1.61. The Morgan fingerprint density at radius 1 is 1.29 bits per heavy atom. The van der Waals surface area contributed by atoms with Gasteiger partial charge in [-0.2, -0.15) is 18.2 Å². The molecule has 3 heterocycles. The van der Waals surface area contributed by atoms with Gasteiger partial charge < -0.3 is 9.42 Å². The topological polar surface area (TPSA) is 62.5 Å². The molecule has 1 aromatic rings. The van der Waals surface area contributed by atoms with Gasteiger partial charge in [0.25, 0.3) is 0 Å². The molecule has 2 aliphatic rings. The molecule has 0 spiro atoms. The Morgan fingerprint density at radius 3 is 2.71 bits per heavy atom. The molecule has 9 heteroatoms. The van der Waals surface area contributed by atoms with Crippen LogP contribution in [0.4, 0.5) is 13.2 Å². The molecule has 0 saturated carbocycles. The van der Waals surface area contributed by atoms with Crippen LogP contribution in [0.25, 0.3) is 0 Å². The summed E-state index contributed by atoms with van der Waals surface area (Å²) in [7, 11) is 0. The molecule has 2 unspecified atom stereocenters. The third kappa shape index (κ3) is 3.71. The van der Waals surface area contributed by atoms with Gasteiger partial charge in [0, 0.05) is 20.0 Å². The number of hydrogen-bond acceptors (Lipinski definition) is 5. The van der Waals surface area contributed by atoms with Gasteiger partial charge in [0.2, 0.25) is 11.8 Å². The summed E-state index contributed by atoms with van der Waals surface area (Å²) in [6.45, 7) is 2.67. The van der Waals surface area contributed by atoms with E-state index in [1.807, 2.05) is 4.90 Å². The molecule has 0 radical (unpaired) electrons. The maximum Gasteiger partial charge on any atom is 0.393 e. The van der Waals surface area contributed by atoms with E-state index in [9.17, 15) is 18.0 Å². The van der Waals surface area contributed by atoms with Crippen molar-refractivity contribution in [3.63, 3.8) is 0 Å². The van der Waals surface area contributed by atoms with Crippen molar-refractivity contribution < 1.29 is 22.5 Å². The lowest BCUT2D eigenvalue weighted by atomic mass is 9.97. The number of carbonyl (C=O) groups is 1. The van der Waals surface area contributed by atoms with Gasteiger partial charge in [0.05, 0.1) is 18.5 Å². The van der Waals surface area contributed by atoms with Gasteiger partial charge >= 0.3 is 6.18 Å². The number of likely N-dealkylation sites (tertiary alicyclic amines) is 2. The number of nitrogens with zero attached hydrogens (tertiary/aromatic N) is 4. The minimum absolute atomic E-state index is 0.0990. The van der Waals surface area contributed by atoms with Crippen molar-refractivity contribution >= 4 is 5.91 Å². The van der Waals surface area contributed by atoms with E-state index in [-0.39, 0.29) is 31.5 Å². The van der Waals surface area contributed by atoms with Gasteiger partial charge in [-0.25, -0.2) is 0 Å². The fourth-order valence-electron chi connectivity index (χ4n) is 3.50. The van der Waals surface area contributed by atoms with E-state index in [0.717, 1.165) is 12.8 Å². The first-order valence-electron chi connectivity index (χ1n) is 8.23. The third-order valence-electron chi connectivity index (χ3n) is 4.78. The first kappa shape index (κ1) is 17.2. The molecule has 0 aliphatic carbocycles. The van der Waals surface area contributed by atoms with Crippen molar-refractivity contribution in [2.24, 2.45) is 5.92 Å². The monoisotopic (exact) mass is 346 g/mol. The maximum absolute atomic E-state index is 12.9. The number of amides is 1. The summed E-state index contributed by atoms with van der Waals surface area (Å²) >= 11 is 0. The van der Waals surface area contributed by atoms with Gasteiger partial charge in [-0.05, 0) is 32.2 Å². The van der Waals surface area contributed by atoms with Crippen LogP contribution in [0.3, 0.4) is 0 Å². The van der Waals surface area contributed by atoms with Crippen LogP contribution in [0, 0.1) is 12.8 Å². The van der Waals surface area contributed by atoms with Crippen molar-refractivity contribution in [2.45, 2.75) is 44.8 Å². The standard InChI is InChI=1S/C15H21F3N4O2/c1-10-19-14(20-24-10)12-5-3-6-21(12)9-13(23)22-7-2-4-11(8-22)15(16,17)18/h11-12H,2-9H2,1H3. The molecule has 0 aromatic carbocycles. The number of rotatable bonds is 3. The van der Waals surface area contributed by atoms with Crippen molar-refractivity contribution in [3.05, 3.63) is 11.7 Å². The number of hydrogen-bond donors (Lipinski definition) is 0. The highest BCUT2D eigenvalue weighted by Crippen LogP contribution is 2.34. The number of halogens is 3. The molecule has 24 heavy (non-hydrogen) atoms. The van der Waals surface area contributed by atoms with Crippen LogP contribution < -0.4 is 0 Å². The Labute approximate surface area is 138 Å². The zero-order valence-electron chi connectivity index (χ0n) is 13.6. The molecular formula is C15H21F3N4O2. The molecule has 2 aliphatic heterocycles. The van der Waals surface area contributed by atoms with Gasteiger partial charge in [-0.3, -0.25) is 9.69 Å². The van der Waals surface area contributed by atoms with Crippen LogP contribution >= 0.6 is 0 Å². The smallest absolute Gasteiger partial charge is 0.341 e. The summed E-state index contributed by atoms with van der Waals surface area (Å²) in [5, 5.41) is 3.91. The SMILES string of the molecule is Cc1nc(C2CCCN2CC(=O)N2CCCC(C(F)(F)F)C2)no1. The molecule has 6 nitrogen and oxygen atoms in total. The summed E-state index contributed by atoms with van der Waals surface area (Å²) < 4.78 is 43.7. The molecule has 1 amide bonds. The van der Waals surface area contributed by atoms with Crippen LogP contribution in [0.2, 0.25) is 0 Å². The molecule has 134 valence electrons. The highest BCUT2D eigenvalue weighted by atomic mass is 19.4. The van der Waals surface area contributed by atoms with Crippen LogP contribution in [-0.4, -0.2) is 58.2 Å². The molecule has 0 N–H and O–H groups in total. The summed E-state index contributed by atoms with van der Waals surface area (Å²) in [5.41, 5.74) is 0. The largest absolute Gasteiger partial charge is 0.393 e. The van der Waals surface area contributed by atoms with Gasteiger partial charge in [-0.15, -0.1) is 0 Å². The highest BCUT2D eigenvalue weighted by Gasteiger charge is 2.43. The Morgan fingerprint density at radius 2 is 2.04 bits per heavy atom. The average molecular weight is 346 g/mol. The summed E-state index contributed by atoms with van der Waals surface area (Å²) in [6.07, 6.45) is -2.03. The minimum atomic E-state index is -4.24. The normalized spacial score (nSPS) is 26.1. The van der Waals surface area contributed by atoms with Crippen molar-refractivity contribution in [2.75, 3.05) is 26.2 Å².